The molecule has 0 saturated carbocycles. The van der Waals surface area contributed by atoms with Crippen LogP contribution in [0.4, 0.5) is 38.5 Å². The molecule has 1 rings (SSSR count). The van der Waals surface area contributed by atoms with Gasteiger partial charge in [0.15, 0.2) is 0 Å². The zero-order valence-corrected chi connectivity index (χ0v) is 17.6. The lowest BCUT2D eigenvalue weighted by Gasteiger charge is -2.27. The van der Waals surface area contributed by atoms with Crippen molar-refractivity contribution in [3.63, 3.8) is 0 Å². The predicted octanol–water partition coefficient (Wildman–Crippen LogP) is 4.68. The third kappa shape index (κ3) is 8.30. The molecule has 0 radical (unpaired) electrons. The van der Waals surface area contributed by atoms with Gasteiger partial charge < -0.3 is 15.2 Å². The average Bonchev–Trinajstić information content (AvgIpc) is 2.59. The highest BCUT2D eigenvalue weighted by molar-refractivity contribution is 5.92. The minimum Gasteiger partial charge on any atom is -0.465 e. The number of carbonyl (C=O) groups excluding carboxylic acids is 2. The summed E-state index contributed by atoms with van der Waals surface area (Å²) in [6.45, 7) is 6.70. The van der Waals surface area contributed by atoms with Crippen LogP contribution >= 0.6 is 0 Å². The molecule has 0 saturated heterocycles. The average molecular weight is 451 g/mol. The fourth-order valence-electron chi connectivity index (χ4n) is 2.22. The first kappa shape index (κ1) is 26.0. The number of carbonyl (C=O) groups is 3. The van der Waals surface area contributed by atoms with E-state index in [1.54, 1.807) is 17.6 Å². The van der Waals surface area contributed by atoms with Crippen LogP contribution in [0.1, 0.15) is 46.1 Å². The summed E-state index contributed by atoms with van der Waals surface area (Å²) in [6, 6.07) is 1.67. The predicted molar refractivity (Wildman–Crippen MR) is 105 cm³/mol. The maximum Gasteiger partial charge on any atom is 0.411 e. The molecule has 31 heavy (non-hydrogen) atoms. The highest BCUT2D eigenvalue weighted by atomic mass is 19.4. The van der Waals surface area contributed by atoms with Crippen molar-refractivity contribution in [1.82, 2.24) is 5.32 Å². The molecule has 0 heterocycles. The first-order valence-electron chi connectivity index (χ1n) is 9.16. The maximum atomic E-state index is 14.3. The van der Waals surface area contributed by atoms with Crippen LogP contribution in [0, 0.1) is 11.2 Å². The zero-order valence-electron chi connectivity index (χ0n) is 17.6. The van der Waals surface area contributed by atoms with E-state index in [2.05, 4.69) is 5.32 Å². The molecular weight excluding hydrogens is 426 g/mol. The molecular formula is C19H25F4N3O5. The number of rotatable bonds is 6. The lowest BCUT2D eigenvalue weighted by Crippen LogP contribution is -2.36. The van der Waals surface area contributed by atoms with E-state index in [1.807, 2.05) is 20.8 Å². The van der Waals surface area contributed by atoms with E-state index in [0.29, 0.717) is 0 Å². The normalized spacial score (nSPS) is 13.7. The zero-order chi connectivity index (χ0) is 24.1. The lowest BCUT2D eigenvalue weighted by atomic mass is 9.90. The van der Waals surface area contributed by atoms with E-state index in [1.165, 1.54) is 6.92 Å². The summed E-state index contributed by atoms with van der Waals surface area (Å²) >= 11 is 0. The standard InChI is InChI=1S/C19H25F4N3O5/c1-9(15(27)24-8-19(21,22)23)11-6-12(20)14(25-16(28)29)7-13(11)26-17(30)31-10(2)18(3,4)5/h6-7,9-10,25H,8H2,1-5H3,(H,24,27)(H,26,30)(H,28,29). The van der Waals surface area contributed by atoms with E-state index in [0.717, 1.165) is 12.1 Å². The number of anilines is 2. The van der Waals surface area contributed by atoms with Gasteiger partial charge in [0.05, 0.1) is 17.3 Å². The summed E-state index contributed by atoms with van der Waals surface area (Å²) in [6.07, 6.45) is -7.76. The number of alkyl halides is 3. The topological polar surface area (TPSA) is 117 Å². The van der Waals surface area contributed by atoms with Crippen LogP contribution in [-0.2, 0) is 9.53 Å². The van der Waals surface area contributed by atoms with Gasteiger partial charge in [0, 0.05) is 0 Å². The second-order valence-electron chi connectivity index (χ2n) is 7.94. The van der Waals surface area contributed by atoms with Crippen molar-refractivity contribution in [3.8, 4) is 0 Å². The van der Waals surface area contributed by atoms with Gasteiger partial charge in [-0.3, -0.25) is 15.4 Å². The molecule has 0 aromatic heterocycles. The quantitative estimate of drug-likeness (QED) is 0.469. The van der Waals surface area contributed by atoms with Crippen molar-refractivity contribution in [2.24, 2.45) is 5.41 Å². The van der Waals surface area contributed by atoms with Gasteiger partial charge in [0.1, 0.15) is 18.5 Å². The molecule has 2 unspecified atom stereocenters. The third-order valence-corrected chi connectivity index (χ3v) is 4.44. The Hall–Kier alpha value is -3.05. The Labute approximate surface area is 176 Å². The highest BCUT2D eigenvalue weighted by Gasteiger charge is 2.30. The van der Waals surface area contributed by atoms with Crippen molar-refractivity contribution in [2.45, 2.75) is 52.8 Å². The van der Waals surface area contributed by atoms with Gasteiger partial charge >= 0.3 is 18.4 Å². The Balaban J connectivity index is 3.24. The molecule has 0 aliphatic rings. The molecule has 0 aliphatic heterocycles. The number of hydrogen-bond acceptors (Lipinski definition) is 4. The van der Waals surface area contributed by atoms with E-state index in [-0.39, 0.29) is 11.3 Å². The summed E-state index contributed by atoms with van der Waals surface area (Å²) in [5.41, 5.74) is -1.32. The van der Waals surface area contributed by atoms with Gasteiger partial charge in [-0.05, 0) is 37.0 Å². The second kappa shape index (κ2) is 9.84. The van der Waals surface area contributed by atoms with Gasteiger partial charge in [0.25, 0.3) is 0 Å². The van der Waals surface area contributed by atoms with Crippen LogP contribution in [0.15, 0.2) is 12.1 Å². The van der Waals surface area contributed by atoms with Crippen molar-refractivity contribution in [2.75, 3.05) is 17.2 Å². The number of amides is 3. The summed E-state index contributed by atoms with van der Waals surface area (Å²) in [5.74, 6) is -3.48. The summed E-state index contributed by atoms with van der Waals surface area (Å²) < 4.78 is 56.7. The van der Waals surface area contributed by atoms with Crippen LogP contribution in [0.2, 0.25) is 0 Å². The SMILES string of the molecule is CC(C(=O)NCC(F)(F)F)c1cc(F)c(NC(=O)O)cc1NC(=O)OC(C)C(C)(C)C. The third-order valence-electron chi connectivity index (χ3n) is 4.44. The number of carboxylic acid groups (broad SMARTS) is 1. The number of halogens is 4. The maximum absolute atomic E-state index is 14.3. The molecule has 174 valence electrons. The van der Waals surface area contributed by atoms with Crippen molar-refractivity contribution < 1.29 is 41.8 Å². The van der Waals surface area contributed by atoms with Crippen molar-refractivity contribution >= 4 is 29.5 Å². The van der Waals surface area contributed by atoms with Crippen molar-refractivity contribution in [1.29, 1.82) is 0 Å². The van der Waals surface area contributed by atoms with Gasteiger partial charge in [-0.25, -0.2) is 14.0 Å². The summed E-state index contributed by atoms with van der Waals surface area (Å²) in [4.78, 5) is 35.3. The molecule has 12 heteroatoms. The molecule has 0 fully saturated rings. The van der Waals surface area contributed by atoms with E-state index >= 15 is 0 Å². The molecule has 1 aromatic carbocycles. The fourth-order valence-corrected chi connectivity index (χ4v) is 2.22. The lowest BCUT2D eigenvalue weighted by molar-refractivity contribution is -0.139. The van der Waals surface area contributed by atoms with Gasteiger partial charge in [0.2, 0.25) is 5.91 Å². The van der Waals surface area contributed by atoms with Gasteiger partial charge in [-0.15, -0.1) is 0 Å². The fraction of sp³-hybridized carbons (Fsp3) is 0.526. The van der Waals surface area contributed by atoms with Crippen LogP contribution in [-0.4, -0.2) is 42.0 Å². The monoisotopic (exact) mass is 451 g/mol. The van der Waals surface area contributed by atoms with Crippen LogP contribution in [0.3, 0.4) is 0 Å². The highest BCUT2D eigenvalue weighted by Crippen LogP contribution is 2.31. The molecule has 2 atom stereocenters. The van der Waals surface area contributed by atoms with E-state index in [4.69, 9.17) is 9.84 Å². The molecule has 3 amide bonds. The molecule has 1 aromatic rings. The largest absolute Gasteiger partial charge is 0.465 e. The number of hydrogen-bond donors (Lipinski definition) is 4. The Kier molecular flexibility index (Phi) is 8.25. The minimum atomic E-state index is -4.65. The van der Waals surface area contributed by atoms with Gasteiger partial charge in [-0.1, -0.05) is 20.8 Å². The minimum absolute atomic E-state index is 0.173. The van der Waals surface area contributed by atoms with Crippen LogP contribution < -0.4 is 16.0 Å². The van der Waals surface area contributed by atoms with Crippen LogP contribution in [0.5, 0.6) is 0 Å². The van der Waals surface area contributed by atoms with Crippen molar-refractivity contribution in [3.05, 3.63) is 23.5 Å². The molecule has 0 bridgehead atoms. The van der Waals surface area contributed by atoms with E-state index in [9.17, 15) is 31.9 Å². The Morgan fingerprint density at radius 1 is 1.06 bits per heavy atom. The molecule has 8 nitrogen and oxygen atoms in total. The first-order chi connectivity index (χ1) is 14.0. The number of nitrogens with one attached hydrogen (secondary N) is 3. The number of benzene rings is 1. The van der Waals surface area contributed by atoms with E-state index < -0.39 is 59.8 Å². The van der Waals surface area contributed by atoms with Gasteiger partial charge in [-0.2, -0.15) is 13.2 Å². The second-order valence-corrected chi connectivity index (χ2v) is 7.94. The molecule has 0 spiro atoms. The number of ether oxygens (including phenoxy) is 1. The Morgan fingerprint density at radius 3 is 2.13 bits per heavy atom. The summed E-state index contributed by atoms with van der Waals surface area (Å²) in [5, 5.41) is 14.6. The van der Waals surface area contributed by atoms with Crippen LogP contribution in [0.25, 0.3) is 0 Å². The summed E-state index contributed by atoms with van der Waals surface area (Å²) in [7, 11) is 0. The Bertz CT molecular complexity index is 837. The molecule has 0 aliphatic carbocycles. The Morgan fingerprint density at radius 2 is 1.65 bits per heavy atom. The molecule has 4 N–H and O–H groups in total. The smallest absolute Gasteiger partial charge is 0.411 e. The first-order valence-corrected chi connectivity index (χ1v) is 9.16.